The van der Waals surface area contributed by atoms with Crippen LogP contribution in [-0.4, -0.2) is 23.0 Å². The number of carbonyl (C=O) groups excluding carboxylic acids is 1. The van der Waals surface area contributed by atoms with Crippen LogP contribution in [0, 0.1) is 0 Å². The lowest BCUT2D eigenvalue weighted by atomic mass is 9.98. The van der Waals surface area contributed by atoms with Crippen LogP contribution in [0.3, 0.4) is 0 Å². The molecule has 0 radical (unpaired) electrons. The molecule has 0 amide bonds. The van der Waals surface area contributed by atoms with E-state index in [9.17, 15) is 9.90 Å². The van der Waals surface area contributed by atoms with Crippen molar-refractivity contribution in [3.63, 3.8) is 0 Å². The van der Waals surface area contributed by atoms with Crippen molar-refractivity contribution < 1.29 is 14.6 Å². The Morgan fingerprint density at radius 2 is 2.24 bits per heavy atom. The molecule has 3 nitrogen and oxygen atoms in total. The number of rotatable bonds is 6. The molecular weight excluding hydrogens is 284 g/mol. The van der Waals surface area contributed by atoms with E-state index in [-0.39, 0.29) is 12.6 Å². The van der Waals surface area contributed by atoms with Crippen molar-refractivity contribution in [1.29, 1.82) is 0 Å². The minimum Gasteiger partial charge on any atom is -0.462 e. The molecule has 0 aliphatic heterocycles. The number of esters is 1. The number of hydrogen-bond donors (Lipinski definition) is 1. The van der Waals surface area contributed by atoms with Gasteiger partial charge in [0.05, 0.1) is 18.8 Å². The van der Waals surface area contributed by atoms with Crippen LogP contribution in [0.15, 0.2) is 18.2 Å². The van der Waals surface area contributed by atoms with Crippen LogP contribution in [0.1, 0.15) is 34.8 Å². The lowest BCUT2D eigenvalue weighted by Gasteiger charge is -2.11. The number of halogens is 1. The Morgan fingerprint density at radius 3 is 2.82 bits per heavy atom. The van der Waals surface area contributed by atoms with Crippen molar-refractivity contribution >= 4 is 21.9 Å². The van der Waals surface area contributed by atoms with Crippen LogP contribution in [-0.2, 0) is 17.8 Å². The molecule has 1 N–H and O–H groups in total. The SMILES string of the molecule is CCOC(=O)c1cccc(CCCBr)c1CO. The first-order valence-electron chi connectivity index (χ1n) is 5.69. The first-order valence-corrected chi connectivity index (χ1v) is 6.81. The second-order valence-corrected chi connectivity index (χ2v) is 4.41. The largest absolute Gasteiger partial charge is 0.462 e. The average molecular weight is 301 g/mol. The average Bonchev–Trinajstić information content (AvgIpc) is 2.36. The highest BCUT2D eigenvalue weighted by Gasteiger charge is 2.14. The molecule has 0 saturated heterocycles. The molecule has 0 fully saturated rings. The molecule has 1 rings (SSSR count). The zero-order valence-corrected chi connectivity index (χ0v) is 11.5. The predicted octanol–water partition coefficient (Wildman–Crippen LogP) is 2.68. The van der Waals surface area contributed by atoms with Crippen LogP contribution < -0.4 is 0 Å². The maximum atomic E-state index is 11.7. The summed E-state index contributed by atoms with van der Waals surface area (Å²) < 4.78 is 4.97. The number of hydrogen-bond acceptors (Lipinski definition) is 3. The van der Waals surface area contributed by atoms with Crippen LogP contribution >= 0.6 is 15.9 Å². The summed E-state index contributed by atoms with van der Waals surface area (Å²) >= 11 is 3.37. The van der Waals surface area contributed by atoms with Gasteiger partial charge in [0.1, 0.15) is 0 Å². The molecular formula is C13H17BrO3. The van der Waals surface area contributed by atoms with Crippen LogP contribution in [0.25, 0.3) is 0 Å². The first-order chi connectivity index (χ1) is 8.24. The number of aliphatic hydroxyl groups is 1. The number of alkyl halides is 1. The fourth-order valence-corrected chi connectivity index (χ4v) is 1.99. The zero-order valence-electron chi connectivity index (χ0n) is 9.91. The first kappa shape index (κ1) is 14.2. The summed E-state index contributed by atoms with van der Waals surface area (Å²) in [6.45, 7) is 1.98. The molecule has 1 aromatic carbocycles. The molecule has 0 aliphatic rings. The Balaban J connectivity index is 3.00. The third-order valence-electron chi connectivity index (χ3n) is 2.51. The molecule has 0 spiro atoms. The third-order valence-corrected chi connectivity index (χ3v) is 3.07. The van der Waals surface area contributed by atoms with E-state index in [1.165, 1.54) is 0 Å². The number of aliphatic hydroxyl groups excluding tert-OH is 1. The van der Waals surface area contributed by atoms with Gasteiger partial charge in [-0.1, -0.05) is 28.1 Å². The van der Waals surface area contributed by atoms with E-state index >= 15 is 0 Å². The van der Waals surface area contributed by atoms with E-state index in [1.54, 1.807) is 13.0 Å². The molecule has 17 heavy (non-hydrogen) atoms. The second-order valence-electron chi connectivity index (χ2n) is 3.61. The maximum Gasteiger partial charge on any atom is 0.338 e. The smallest absolute Gasteiger partial charge is 0.338 e. The third kappa shape index (κ3) is 3.82. The molecule has 1 aromatic rings. The van der Waals surface area contributed by atoms with Gasteiger partial charge in [0.25, 0.3) is 0 Å². The Hall–Kier alpha value is -0.870. The summed E-state index contributed by atoms with van der Waals surface area (Å²) in [5.74, 6) is -0.364. The minimum atomic E-state index is -0.364. The Bertz CT molecular complexity index is 377. The van der Waals surface area contributed by atoms with Gasteiger partial charge in [-0.2, -0.15) is 0 Å². The molecule has 0 aliphatic carbocycles. The van der Waals surface area contributed by atoms with Crippen molar-refractivity contribution in [2.24, 2.45) is 0 Å². The summed E-state index contributed by atoms with van der Waals surface area (Å²) in [5, 5.41) is 10.3. The molecule has 0 bridgehead atoms. The van der Waals surface area contributed by atoms with Gasteiger partial charge in [-0.15, -0.1) is 0 Å². The van der Waals surface area contributed by atoms with E-state index < -0.39 is 0 Å². The fourth-order valence-electron chi connectivity index (χ4n) is 1.71. The Morgan fingerprint density at radius 1 is 1.47 bits per heavy atom. The van der Waals surface area contributed by atoms with Gasteiger partial charge in [-0.3, -0.25) is 0 Å². The molecule has 0 aromatic heterocycles. The maximum absolute atomic E-state index is 11.7. The summed E-state index contributed by atoms with van der Waals surface area (Å²) in [7, 11) is 0. The van der Waals surface area contributed by atoms with Gasteiger partial charge in [-0.25, -0.2) is 4.79 Å². The highest BCUT2D eigenvalue weighted by molar-refractivity contribution is 9.09. The quantitative estimate of drug-likeness (QED) is 0.649. The van der Waals surface area contributed by atoms with E-state index in [0.717, 1.165) is 23.7 Å². The molecule has 0 unspecified atom stereocenters. The van der Waals surface area contributed by atoms with Gasteiger partial charge in [0, 0.05) is 5.33 Å². The van der Waals surface area contributed by atoms with E-state index in [0.29, 0.717) is 17.7 Å². The van der Waals surface area contributed by atoms with Crippen molar-refractivity contribution in [3.05, 3.63) is 34.9 Å². The highest BCUT2D eigenvalue weighted by atomic mass is 79.9. The predicted molar refractivity (Wildman–Crippen MR) is 70.4 cm³/mol. The summed E-state index contributed by atoms with van der Waals surface area (Å²) in [6, 6.07) is 5.47. The van der Waals surface area contributed by atoms with E-state index in [1.807, 2.05) is 12.1 Å². The fraction of sp³-hybridized carbons (Fsp3) is 0.462. The van der Waals surface area contributed by atoms with Gasteiger partial charge in [-0.05, 0) is 37.0 Å². The van der Waals surface area contributed by atoms with Gasteiger partial charge < -0.3 is 9.84 Å². The van der Waals surface area contributed by atoms with E-state index in [2.05, 4.69) is 15.9 Å². The topological polar surface area (TPSA) is 46.5 Å². The number of benzene rings is 1. The lowest BCUT2D eigenvalue weighted by Crippen LogP contribution is -2.10. The lowest BCUT2D eigenvalue weighted by molar-refractivity contribution is 0.0522. The number of carbonyl (C=O) groups is 1. The second kappa shape index (κ2) is 7.45. The van der Waals surface area contributed by atoms with Crippen molar-refractivity contribution in [2.45, 2.75) is 26.4 Å². The Kier molecular flexibility index (Phi) is 6.22. The van der Waals surface area contributed by atoms with E-state index in [4.69, 9.17) is 4.74 Å². The Labute approximate surface area is 110 Å². The van der Waals surface area contributed by atoms with Gasteiger partial charge >= 0.3 is 5.97 Å². The number of ether oxygens (including phenoxy) is 1. The summed E-state index contributed by atoms with van der Waals surface area (Å²) in [6.07, 6.45) is 1.81. The van der Waals surface area contributed by atoms with Crippen LogP contribution in [0.4, 0.5) is 0 Å². The molecule has 0 saturated carbocycles. The minimum absolute atomic E-state index is 0.132. The monoisotopic (exact) mass is 300 g/mol. The standard InChI is InChI=1S/C13H17BrO3/c1-2-17-13(16)11-7-3-5-10(6-4-8-14)12(11)9-15/h3,5,7,15H,2,4,6,8-9H2,1H3. The normalized spacial score (nSPS) is 10.3. The van der Waals surface area contributed by atoms with Gasteiger partial charge in [0.15, 0.2) is 0 Å². The number of aryl methyl sites for hydroxylation is 1. The van der Waals surface area contributed by atoms with Gasteiger partial charge in [0.2, 0.25) is 0 Å². The van der Waals surface area contributed by atoms with Crippen molar-refractivity contribution in [1.82, 2.24) is 0 Å². The molecule has 0 atom stereocenters. The van der Waals surface area contributed by atoms with Crippen LogP contribution in [0.2, 0.25) is 0 Å². The summed E-state index contributed by atoms with van der Waals surface area (Å²) in [4.78, 5) is 11.7. The zero-order chi connectivity index (χ0) is 12.7. The van der Waals surface area contributed by atoms with Crippen LogP contribution in [0.5, 0.6) is 0 Å². The molecule has 4 heteroatoms. The van der Waals surface area contributed by atoms with Crippen molar-refractivity contribution in [2.75, 3.05) is 11.9 Å². The highest BCUT2D eigenvalue weighted by Crippen LogP contribution is 2.18. The van der Waals surface area contributed by atoms with Crippen molar-refractivity contribution in [3.8, 4) is 0 Å². The summed E-state index contributed by atoms with van der Waals surface area (Å²) in [5.41, 5.74) is 2.17. The molecule has 94 valence electrons. The molecule has 0 heterocycles.